The van der Waals surface area contributed by atoms with Crippen molar-refractivity contribution in [2.24, 2.45) is 0 Å². The van der Waals surface area contributed by atoms with Gasteiger partial charge in [-0.15, -0.1) is 0 Å². The van der Waals surface area contributed by atoms with Crippen LogP contribution in [0.2, 0.25) is 0 Å². The maximum atomic E-state index is 9.31. The average molecular weight is 410 g/mol. The minimum absolute atomic E-state index is 0.0933. The van der Waals surface area contributed by atoms with Gasteiger partial charge in [-0.2, -0.15) is 5.26 Å². The van der Waals surface area contributed by atoms with Gasteiger partial charge >= 0.3 is 0 Å². The van der Waals surface area contributed by atoms with Crippen molar-refractivity contribution >= 4 is 15.9 Å². The van der Waals surface area contributed by atoms with Crippen molar-refractivity contribution in [3.05, 3.63) is 82.3 Å². The fourth-order valence-electron chi connectivity index (χ4n) is 2.94. The molecular formula is C21H20BrN3O. The summed E-state index contributed by atoms with van der Waals surface area (Å²) in [5.41, 5.74) is 2.75. The van der Waals surface area contributed by atoms with Gasteiger partial charge in [-0.1, -0.05) is 41.4 Å². The first-order chi connectivity index (χ1) is 12.7. The van der Waals surface area contributed by atoms with E-state index in [2.05, 4.69) is 38.5 Å². The van der Waals surface area contributed by atoms with E-state index < -0.39 is 0 Å². The molecule has 3 aromatic rings. The van der Waals surface area contributed by atoms with Crippen molar-refractivity contribution in [2.75, 3.05) is 0 Å². The van der Waals surface area contributed by atoms with Gasteiger partial charge in [-0.3, -0.25) is 0 Å². The van der Waals surface area contributed by atoms with Gasteiger partial charge in [-0.05, 0) is 42.3 Å². The Labute approximate surface area is 162 Å². The lowest BCUT2D eigenvalue weighted by atomic mass is 9.99. The van der Waals surface area contributed by atoms with Crippen molar-refractivity contribution in [3.63, 3.8) is 0 Å². The molecule has 0 saturated carbocycles. The van der Waals surface area contributed by atoms with Crippen molar-refractivity contribution < 1.29 is 4.74 Å². The van der Waals surface area contributed by atoms with Gasteiger partial charge < -0.3 is 9.30 Å². The molecule has 0 bridgehead atoms. The molecule has 1 atom stereocenters. The Bertz CT molecular complexity index is 883. The first-order valence-corrected chi connectivity index (χ1v) is 9.39. The maximum absolute atomic E-state index is 9.31. The summed E-state index contributed by atoms with van der Waals surface area (Å²) >= 11 is 3.45. The summed E-state index contributed by atoms with van der Waals surface area (Å²) in [4.78, 5) is 4.18. The van der Waals surface area contributed by atoms with Gasteiger partial charge in [0.05, 0.1) is 24.0 Å². The molecular weight excluding hydrogens is 390 g/mol. The lowest BCUT2D eigenvalue weighted by Crippen LogP contribution is -2.11. The molecule has 0 saturated heterocycles. The molecule has 0 aliphatic rings. The lowest BCUT2D eigenvalue weighted by Gasteiger charge is -2.22. The molecule has 132 valence electrons. The molecule has 1 aromatic heterocycles. The van der Waals surface area contributed by atoms with Gasteiger partial charge in [0, 0.05) is 22.4 Å². The average Bonchev–Trinajstić information content (AvgIpc) is 3.20. The van der Waals surface area contributed by atoms with E-state index in [4.69, 9.17) is 4.74 Å². The molecule has 0 fully saturated rings. The van der Waals surface area contributed by atoms with E-state index in [-0.39, 0.29) is 6.04 Å². The number of nitriles is 1. The molecule has 4 nitrogen and oxygen atoms in total. The zero-order valence-electron chi connectivity index (χ0n) is 14.6. The summed E-state index contributed by atoms with van der Waals surface area (Å²) in [6, 6.07) is 16.0. The quantitative estimate of drug-likeness (QED) is 0.518. The minimum Gasteiger partial charge on any atom is -0.489 e. The number of nitrogens with zero attached hydrogens (tertiary/aromatic N) is 3. The van der Waals surface area contributed by atoms with Gasteiger partial charge in [-0.25, -0.2) is 4.98 Å². The minimum atomic E-state index is 0.0933. The third kappa shape index (κ3) is 4.33. The summed E-state index contributed by atoms with van der Waals surface area (Å²) in [6.07, 6.45) is 7.51. The first-order valence-electron chi connectivity index (χ1n) is 8.60. The smallest absolute Gasteiger partial charge is 0.125 e. The molecule has 0 spiro atoms. The Hall–Kier alpha value is -2.58. The SMILES string of the molecule is CCCC(c1cc(C#N)ccc1OCc1ccc(Br)cc1)n1ccnc1. The van der Waals surface area contributed by atoms with Crippen LogP contribution < -0.4 is 4.74 Å². The maximum Gasteiger partial charge on any atom is 0.125 e. The largest absolute Gasteiger partial charge is 0.489 e. The third-order valence-corrected chi connectivity index (χ3v) is 4.78. The molecule has 0 aliphatic carbocycles. The predicted molar refractivity (Wildman–Crippen MR) is 105 cm³/mol. The Morgan fingerprint density at radius 1 is 1.23 bits per heavy atom. The molecule has 1 unspecified atom stereocenters. The van der Waals surface area contributed by atoms with Crippen molar-refractivity contribution in [2.45, 2.75) is 32.4 Å². The van der Waals surface area contributed by atoms with Crippen LogP contribution in [0.1, 0.15) is 42.5 Å². The monoisotopic (exact) mass is 409 g/mol. The van der Waals surface area contributed by atoms with Crippen LogP contribution in [-0.4, -0.2) is 9.55 Å². The zero-order chi connectivity index (χ0) is 18.4. The van der Waals surface area contributed by atoms with Gasteiger partial charge in [0.1, 0.15) is 12.4 Å². The second-order valence-corrected chi connectivity index (χ2v) is 7.01. The number of ether oxygens (including phenoxy) is 1. The fraction of sp³-hybridized carbons (Fsp3) is 0.238. The van der Waals surface area contributed by atoms with Crippen LogP contribution in [0.3, 0.4) is 0 Å². The number of hydrogen-bond donors (Lipinski definition) is 0. The Balaban J connectivity index is 1.91. The standard InChI is InChI=1S/C21H20BrN3O/c1-2-3-20(25-11-10-24-15-25)19-12-17(13-23)6-9-21(19)26-14-16-4-7-18(22)8-5-16/h4-12,15,20H,2-3,14H2,1H3. The number of aromatic nitrogens is 2. The highest BCUT2D eigenvalue weighted by Crippen LogP contribution is 2.33. The van der Waals surface area contributed by atoms with Gasteiger partial charge in [0.2, 0.25) is 0 Å². The summed E-state index contributed by atoms with van der Waals surface area (Å²) in [6.45, 7) is 2.63. The zero-order valence-corrected chi connectivity index (χ0v) is 16.2. The fourth-order valence-corrected chi connectivity index (χ4v) is 3.21. The van der Waals surface area contributed by atoms with Crippen LogP contribution in [0.4, 0.5) is 0 Å². The summed E-state index contributed by atoms with van der Waals surface area (Å²) < 4.78 is 9.25. The van der Waals surface area contributed by atoms with Gasteiger partial charge in [0.15, 0.2) is 0 Å². The van der Waals surface area contributed by atoms with Gasteiger partial charge in [0.25, 0.3) is 0 Å². The highest BCUT2D eigenvalue weighted by atomic mass is 79.9. The molecule has 1 heterocycles. The van der Waals surface area contributed by atoms with Crippen LogP contribution in [-0.2, 0) is 6.61 Å². The van der Waals surface area contributed by atoms with E-state index in [0.29, 0.717) is 12.2 Å². The molecule has 5 heteroatoms. The second-order valence-electron chi connectivity index (χ2n) is 6.09. The predicted octanol–water partition coefficient (Wildman–Crippen LogP) is 5.49. The van der Waals surface area contributed by atoms with E-state index in [0.717, 1.165) is 34.2 Å². The molecule has 0 aliphatic heterocycles. The van der Waals surface area contributed by atoms with Crippen LogP contribution in [0.15, 0.2) is 65.7 Å². The lowest BCUT2D eigenvalue weighted by molar-refractivity contribution is 0.298. The van der Waals surface area contributed by atoms with Crippen molar-refractivity contribution in [1.82, 2.24) is 9.55 Å². The van der Waals surface area contributed by atoms with E-state index in [1.165, 1.54) is 0 Å². The van der Waals surface area contributed by atoms with Crippen LogP contribution >= 0.6 is 15.9 Å². The van der Waals surface area contributed by atoms with Crippen molar-refractivity contribution in [1.29, 1.82) is 5.26 Å². The van der Waals surface area contributed by atoms with Crippen LogP contribution in [0.5, 0.6) is 5.75 Å². The number of imidazole rings is 1. The highest BCUT2D eigenvalue weighted by molar-refractivity contribution is 9.10. The van der Waals surface area contributed by atoms with E-state index in [9.17, 15) is 5.26 Å². The van der Waals surface area contributed by atoms with E-state index in [1.54, 1.807) is 12.3 Å². The number of benzene rings is 2. The number of hydrogen-bond acceptors (Lipinski definition) is 3. The molecule has 0 N–H and O–H groups in total. The summed E-state index contributed by atoms with van der Waals surface area (Å²) in [7, 11) is 0. The van der Waals surface area contributed by atoms with Crippen molar-refractivity contribution in [3.8, 4) is 11.8 Å². The Morgan fingerprint density at radius 2 is 2.04 bits per heavy atom. The highest BCUT2D eigenvalue weighted by Gasteiger charge is 2.18. The van der Waals surface area contributed by atoms with E-state index in [1.807, 2.05) is 48.9 Å². The molecule has 3 rings (SSSR count). The topological polar surface area (TPSA) is 50.8 Å². The number of rotatable bonds is 7. The van der Waals surface area contributed by atoms with E-state index >= 15 is 0 Å². The number of halogens is 1. The molecule has 0 radical (unpaired) electrons. The van der Waals surface area contributed by atoms with Crippen LogP contribution in [0, 0.1) is 11.3 Å². The third-order valence-electron chi connectivity index (χ3n) is 4.25. The Morgan fingerprint density at radius 3 is 2.69 bits per heavy atom. The summed E-state index contributed by atoms with van der Waals surface area (Å²) in [5, 5.41) is 9.31. The van der Waals surface area contributed by atoms with Crippen LogP contribution in [0.25, 0.3) is 0 Å². The Kier molecular flexibility index (Phi) is 6.08. The normalized spacial score (nSPS) is 11.7. The summed E-state index contributed by atoms with van der Waals surface area (Å²) in [5.74, 6) is 0.805. The molecule has 2 aromatic carbocycles. The first kappa shape index (κ1) is 18.2. The molecule has 0 amide bonds. The molecule has 26 heavy (non-hydrogen) atoms. The second kappa shape index (κ2) is 8.68.